The van der Waals surface area contributed by atoms with Gasteiger partial charge in [-0.15, -0.1) is 0 Å². The molecule has 0 spiro atoms. The van der Waals surface area contributed by atoms with Crippen molar-refractivity contribution in [2.24, 2.45) is 0 Å². The molecule has 0 aliphatic carbocycles. The van der Waals surface area contributed by atoms with Crippen molar-refractivity contribution in [1.29, 1.82) is 0 Å². The van der Waals surface area contributed by atoms with Gasteiger partial charge in [-0.1, -0.05) is 18.5 Å². The molecule has 5 nitrogen and oxygen atoms in total. The minimum absolute atomic E-state index is 0.0756. The largest absolute Gasteiger partial charge is 0.370 e. The third-order valence-corrected chi connectivity index (χ3v) is 3.86. The quantitative estimate of drug-likeness (QED) is 0.820. The zero-order valence-corrected chi connectivity index (χ0v) is 13.4. The number of pyridine rings is 1. The molecule has 1 aromatic rings. The summed E-state index contributed by atoms with van der Waals surface area (Å²) < 4.78 is 0. The molecule has 1 amide bonds. The third-order valence-electron chi connectivity index (χ3n) is 3.67. The lowest BCUT2D eigenvalue weighted by Crippen LogP contribution is -2.43. The van der Waals surface area contributed by atoms with Crippen LogP contribution >= 0.6 is 11.6 Å². The van der Waals surface area contributed by atoms with E-state index in [1.165, 1.54) is 0 Å². The zero-order valence-electron chi connectivity index (χ0n) is 12.7. The Kier molecular flexibility index (Phi) is 5.82. The molecule has 2 N–H and O–H groups in total. The van der Waals surface area contributed by atoms with Crippen LogP contribution in [0.3, 0.4) is 0 Å². The van der Waals surface area contributed by atoms with Gasteiger partial charge >= 0.3 is 0 Å². The molecule has 0 radical (unpaired) electrons. The van der Waals surface area contributed by atoms with Crippen molar-refractivity contribution < 1.29 is 4.79 Å². The van der Waals surface area contributed by atoms with E-state index in [0.29, 0.717) is 16.5 Å². The Morgan fingerprint density at radius 3 is 2.81 bits per heavy atom. The summed E-state index contributed by atoms with van der Waals surface area (Å²) in [4.78, 5) is 18.8. The average molecular weight is 311 g/mol. The molecule has 0 unspecified atom stereocenters. The summed E-state index contributed by atoms with van der Waals surface area (Å²) in [6, 6.07) is 3.61. The molecule has 1 fully saturated rings. The SMILES string of the molecule is CCCNc1cc(C(=O)NC2CCN(C)CC2)cc(Cl)n1. The molecule has 2 heterocycles. The molecule has 1 aliphatic rings. The van der Waals surface area contributed by atoms with Gasteiger partial charge in [0.25, 0.3) is 5.91 Å². The Bertz CT molecular complexity index is 487. The van der Waals surface area contributed by atoms with Crippen molar-refractivity contribution in [2.45, 2.75) is 32.2 Å². The third kappa shape index (κ3) is 4.86. The van der Waals surface area contributed by atoms with Crippen LogP contribution < -0.4 is 10.6 Å². The number of hydrogen-bond acceptors (Lipinski definition) is 4. The van der Waals surface area contributed by atoms with Gasteiger partial charge in [-0.2, -0.15) is 0 Å². The fourth-order valence-corrected chi connectivity index (χ4v) is 2.60. The van der Waals surface area contributed by atoms with E-state index in [4.69, 9.17) is 11.6 Å². The number of carbonyl (C=O) groups excluding carboxylic acids is 1. The Hall–Kier alpha value is -1.33. The molecule has 0 atom stereocenters. The van der Waals surface area contributed by atoms with E-state index in [9.17, 15) is 4.79 Å². The van der Waals surface area contributed by atoms with Crippen molar-refractivity contribution in [2.75, 3.05) is 32.0 Å². The Morgan fingerprint density at radius 1 is 1.43 bits per heavy atom. The summed E-state index contributed by atoms with van der Waals surface area (Å²) in [7, 11) is 2.10. The van der Waals surface area contributed by atoms with E-state index in [2.05, 4.69) is 34.5 Å². The zero-order chi connectivity index (χ0) is 15.2. The predicted molar refractivity (Wildman–Crippen MR) is 86.0 cm³/mol. The second kappa shape index (κ2) is 7.61. The number of hydrogen-bond donors (Lipinski definition) is 2. The maximum Gasteiger partial charge on any atom is 0.251 e. The summed E-state index contributed by atoms with van der Waals surface area (Å²) in [5.41, 5.74) is 0.563. The highest BCUT2D eigenvalue weighted by Crippen LogP contribution is 2.16. The second-order valence-corrected chi connectivity index (χ2v) is 5.93. The minimum atomic E-state index is -0.0756. The molecule has 1 aliphatic heterocycles. The normalized spacial score (nSPS) is 16.7. The van der Waals surface area contributed by atoms with Crippen LogP contribution in [0.5, 0.6) is 0 Å². The number of likely N-dealkylation sites (tertiary alicyclic amines) is 1. The van der Waals surface area contributed by atoms with Crippen LogP contribution in [-0.4, -0.2) is 48.5 Å². The number of nitrogens with one attached hydrogen (secondary N) is 2. The van der Waals surface area contributed by atoms with E-state index in [1.807, 2.05) is 0 Å². The number of amides is 1. The van der Waals surface area contributed by atoms with Crippen molar-refractivity contribution in [3.05, 3.63) is 22.8 Å². The smallest absolute Gasteiger partial charge is 0.251 e. The fraction of sp³-hybridized carbons (Fsp3) is 0.600. The first-order valence-electron chi connectivity index (χ1n) is 7.49. The summed E-state index contributed by atoms with van der Waals surface area (Å²) in [6.07, 6.45) is 2.97. The Balaban J connectivity index is 1.99. The maximum atomic E-state index is 12.3. The van der Waals surface area contributed by atoms with Gasteiger partial charge in [-0.25, -0.2) is 4.98 Å². The molecule has 1 aromatic heterocycles. The van der Waals surface area contributed by atoms with E-state index in [1.54, 1.807) is 12.1 Å². The monoisotopic (exact) mass is 310 g/mol. The predicted octanol–water partition coefficient (Wildman–Crippen LogP) is 2.38. The molecule has 0 aromatic carbocycles. The molecular weight excluding hydrogens is 288 g/mol. The van der Waals surface area contributed by atoms with Crippen LogP contribution in [0.25, 0.3) is 0 Å². The van der Waals surface area contributed by atoms with Crippen molar-refractivity contribution in [3.8, 4) is 0 Å². The molecule has 0 bridgehead atoms. The summed E-state index contributed by atoms with van der Waals surface area (Å²) in [6.45, 7) is 4.92. The standard InChI is InChI=1S/C15H23ClN4O/c1-3-6-17-14-10-11(9-13(16)19-14)15(21)18-12-4-7-20(2)8-5-12/h9-10,12H,3-8H2,1-2H3,(H,17,19)(H,18,21). The number of nitrogens with zero attached hydrogens (tertiary/aromatic N) is 2. The van der Waals surface area contributed by atoms with Gasteiger partial charge in [-0.05, 0) is 51.5 Å². The lowest BCUT2D eigenvalue weighted by molar-refractivity contribution is 0.0917. The van der Waals surface area contributed by atoms with E-state index >= 15 is 0 Å². The summed E-state index contributed by atoms with van der Waals surface area (Å²) >= 11 is 6.00. The van der Waals surface area contributed by atoms with Gasteiger partial charge in [0, 0.05) is 18.2 Å². The van der Waals surface area contributed by atoms with E-state index in [-0.39, 0.29) is 11.9 Å². The Morgan fingerprint density at radius 2 is 2.14 bits per heavy atom. The first-order valence-corrected chi connectivity index (χ1v) is 7.87. The van der Waals surface area contributed by atoms with Crippen LogP contribution in [-0.2, 0) is 0 Å². The summed E-state index contributed by atoms with van der Waals surface area (Å²) in [5.74, 6) is 0.575. The number of aromatic nitrogens is 1. The van der Waals surface area contributed by atoms with Crippen LogP contribution in [0.1, 0.15) is 36.5 Å². The van der Waals surface area contributed by atoms with Crippen LogP contribution in [0.15, 0.2) is 12.1 Å². The van der Waals surface area contributed by atoms with Crippen LogP contribution in [0.4, 0.5) is 5.82 Å². The van der Waals surface area contributed by atoms with Gasteiger partial charge < -0.3 is 15.5 Å². The van der Waals surface area contributed by atoms with Gasteiger partial charge in [0.2, 0.25) is 0 Å². The van der Waals surface area contributed by atoms with E-state index < -0.39 is 0 Å². The van der Waals surface area contributed by atoms with Gasteiger partial charge in [0.15, 0.2) is 0 Å². The number of piperidine rings is 1. The molecule has 21 heavy (non-hydrogen) atoms. The minimum Gasteiger partial charge on any atom is -0.370 e. The van der Waals surface area contributed by atoms with Crippen molar-refractivity contribution >= 4 is 23.3 Å². The van der Waals surface area contributed by atoms with Gasteiger partial charge in [-0.3, -0.25) is 4.79 Å². The van der Waals surface area contributed by atoms with Crippen molar-refractivity contribution in [1.82, 2.24) is 15.2 Å². The number of anilines is 1. The average Bonchev–Trinajstić information content (AvgIpc) is 2.47. The maximum absolute atomic E-state index is 12.3. The molecule has 0 saturated carbocycles. The number of rotatable bonds is 5. The van der Waals surface area contributed by atoms with Crippen molar-refractivity contribution in [3.63, 3.8) is 0 Å². The van der Waals surface area contributed by atoms with Crippen LogP contribution in [0, 0.1) is 0 Å². The molecule has 1 saturated heterocycles. The Labute approximate surface area is 131 Å². The van der Waals surface area contributed by atoms with Gasteiger partial charge in [0.05, 0.1) is 0 Å². The highest BCUT2D eigenvalue weighted by molar-refractivity contribution is 6.29. The lowest BCUT2D eigenvalue weighted by atomic mass is 10.1. The molecule has 116 valence electrons. The van der Waals surface area contributed by atoms with E-state index in [0.717, 1.165) is 38.9 Å². The number of halogens is 1. The molecular formula is C15H23ClN4O. The first kappa shape index (κ1) is 16.0. The summed E-state index contributed by atoms with van der Waals surface area (Å²) in [5, 5.41) is 6.58. The lowest BCUT2D eigenvalue weighted by Gasteiger charge is -2.29. The molecule has 2 rings (SSSR count). The van der Waals surface area contributed by atoms with Crippen LogP contribution in [0.2, 0.25) is 5.15 Å². The fourth-order valence-electron chi connectivity index (χ4n) is 2.39. The highest BCUT2D eigenvalue weighted by atomic mass is 35.5. The number of carbonyl (C=O) groups is 1. The highest BCUT2D eigenvalue weighted by Gasteiger charge is 2.19. The van der Waals surface area contributed by atoms with Gasteiger partial charge in [0.1, 0.15) is 11.0 Å². The second-order valence-electron chi connectivity index (χ2n) is 5.54. The molecule has 6 heteroatoms. The first-order chi connectivity index (χ1) is 10.1. The topological polar surface area (TPSA) is 57.3 Å².